The molecule has 0 spiro atoms. The van der Waals surface area contributed by atoms with Crippen LogP contribution in [0.5, 0.6) is 0 Å². The summed E-state index contributed by atoms with van der Waals surface area (Å²) >= 11 is 0. The largest absolute Gasteiger partial charge is 0.444 e. The van der Waals surface area contributed by atoms with Gasteiger partial charge in [-0.05, 0) is 61.9 Å². The molecule has 0 aliphatic heterocycles. The predicted octanol–water partition coefficient (Wildman–Crippen LogP) is 5.44. The SMILES string of the molecule is Cn1c(CO[Si](c2ccccc2)(c2ccccc2)C(C)(C)C)nnc1[C@H]1CC[C@H](NC(=O)OC(C)(C)C)CC1. The van der Waals surface area contributed by atoms with Crippen LogP contribution < -0.4 is 15.7 Å². The minimum atomic E-state index is -2.66. The van der Waals surface area contributed by atoms with E-state index in [0.29, 0.717) is 12.5 Å². The second-order valence-electron chi connectivity index (χ2n) is 12.7. The van der Waals surface area contributed by atoms with Gasteiger partial charge in [0.1, 0.15) is 11.4 Å². The number of benzene rings is 2. The van der Waals surface area contributed by atoms with Crippen molar-refractivity contribution in [2.24, 2.45) is 7.05 Å². The number of nitrogens with one attached hydrogen (secondary N) is 1. The maximum absolute atomic E-state index is 12.2. The lowest BCUT2D eigenvalue weighted by atomic mass is 9.85. The van der Waals surface area contributed by atoms with E-state index in [0.717, 1.165) is 37.3 Å². The number of ether oxygens (including phenoxy) is 1. The van der Waals surface area contributed by atoms with Gasteiger partial charge in [-0.25, -0.2) is 4.79 Å². The van der Waals surface area contributed by atoms with Crippen LogP contribution in [0.25, 0.3) is 0 Å². The molecule has 0 atom stereocenters. The highest BCUT2D eigenvalue weighted by Crippen LogP contribution is 2.37. The summed E-state index contributed by atoms with van der Waals surface area (Å²) in [5.74, 6) is 2.14. The maximum atomic E-state index is 12.2. The molecule has 39 heavy (non-hydrogen) atoms. The monoisotopic (exact) mass is 548 g/mol. The molecule has 1 aromatic heterocycles. The lowest BCUT2D eigenvalue weighted by Gasteiger charge is -2.42. The molecule has 1 saturated carbocycles. The van der Waals surface area contributed by atoms with Crippen molar-refractivity contribution in [3.8, 4) is 0 Å². The van der Waals surface area contributed by atoms with E-state index in [2.05, 4.69) is 102 Å². The van der Waals surface area contributed by atoms with Gasteiger partial charge in [0.25, 0.3) is 8.32 Å². The van der Waals surface area contributed by atoms with Crippen molar-refractivity contribution >= 4 is 24.8 Å². The zero-order chi connectivity index (χ0) is 28.3. The summed E-state index contributed by atoms with van der Waals surface area (Å²) in [6.45, 7) is 12.9. The number of hydrogen-bond donors (Lipinski definition) is 1. The van der Waals surface area contributed by atoms with E-state index >= 15 is 0 Å². The summed E-state index contributed by atoms with van der Waals surface area (Å²) in [7, 11) is -0.615. The average molecular weight is 549 g/mol. The van der Waals surface area contributed by atoms with Crippen LogP contribution in [0.2, 0.25) is 5.04 Å². The van der Waals surface area contributed by atoms with E-state index in [1.54, 1.807) is 0 Å². The molecule has 8 heteroatoms. The summed E-state index contributed by atoms with van der Waals surface area (Å²) in [5.41, 5.74) is -0.493. The molecular weight excluding hydrogens is 504 g/mol. The van der Waals surface area contributed by atoms with Crippen LogP contribution in [0.1, 0.15) is 84.8 Å². The summed E-state index contributed by atoms with van der Waals surface area (Å²) < 4.78 is 14.6. The highest BCUT2D eigenvalue weighted by Gasteiger charge is 2.50. The molecule has 1 fully saturated rings. The Morgan fingerprint density at radius 2 is 1.44 bits per heavy atom. The Hall–Kier alpha value is -2.97. The first kappa shape index (κ1) is 29.0. The van der Waals surface area contributed by atoms with Crippen LogP contribution >= 0.6 is 0 Å². The minimum Gasteiger partial charge on any atom is -0.444 e. The van der Waals surface area contributed by atoms with Crippen molar-refractivity contribution in [2.75, 3.05) is 0 Å². The zero-order valence-electron chi connectivity index (χ0n) is 24.5. The van der Waals surface area contributed by atoms with Crippen LogP contribution in [-0.4, -0.2) is 40.8 Å². The molecule has 1 aliphatic carbocycles. The zero-order valence-corrected chi connectivity index (χ0v) is 25.5. The minimum absolute atomic E-state index is 0.101. The smallest absolute Gasteiger partial charge is 0.407 e. The number of amides is 1. The second-order valence-corrected chi connectivity index (χ2v) is 17.0. The molecule has 1 heterocycles. The Morgan fingerprint density at radius 1 is 0.897 bits per heavy atom. The summed E-state index contributed by atoms with van der Waals surface area (Å²) in [6, 6.07) is 21.5. The molecular formula is C31H44N4O3Si. The Morgan fingerprint density at radius 3 is 1.92 bits per heavy atom. The summed E-state index contributed by atoms with van der Waals surface area (Å²) in [5, 5.41) is 14.6. The highest BCUT2D eigenvalue weighted by atomic mass is 28.4. The summed E-state index contributed by atoms with van der Waals surface area (Å²) in [6.07, 6.45) is 3.34. The first-order chi connectivity index (χ1) is 18.4. The molecule has 4 rings (SSSR count). The van der Waals surface area contributed by atoms with E-state index in [9.17, 15) is 4.79 Å². The van der Waals surface area contributed by atoms with E-state index < -0.39 is 13.9 Å². The van der Waals surface area contributed by atoms with Crippen LogP contribution in [0.15, 0.2) is 60.7 Å². The molecule has 1 amide bonds. The Kier molecular flexibility index (Phi) is 8.66. The fraction of sp³-hybridized carbons (Fsp3) is 0.516. The van der Waals surface area contributed by atoms with Crippen LogP contribution in [0, 0.1) is 0 Å². The number of alkyl carbamates (subject to hydrolysis) is 1. The van der Waals surface area contributed by atoms with Crippen LogP contribution in [0.4, 0.5) is 4.79 Å². The predicted molar refractivity (Wildman–Crippen MR) is 158 cm³/mol. The number of hydrogen-bond acceptors (Lipinski definition) is 5. The van der Waals surface area contributed by atoms with Gasteiger partial charge in [-0.15, -0.1) is 10.2 Å². The van der Waals surface area contributed by atoms with Crippen molar-refractivity contribution < 1.29 is 14.0 Å². The summed E-state index contributed by atoms with van der Waals surface area (Å²) in [4.78, 5) is 12.2. The van der Waals surface area contributed by atoms with Crippen molar-refractivity contribution in [1.82, 2.24) is 20.1 Å². The first-order valence-corrected chi connectivity index (χ1v) is 15.9. The van der Waals surface area contributed by atoms with Crippen LogP contribution in [0.3, 0.4) is 0 Å². The third-order valence-electron chi connectivity index (χ3n) is 7.65. The molecule has 2 aromatic carbocycles. The van der Waals surface area contributed by atoms with Gasteiger partial charge in [0.15, 0.2) is 5.82 Å². The number of rotatable bonds is 7. The molecule has 0 bridgehead atoms. The normalized spacial score (nSPS) is 18.5. The topological polar surface area (TPSA) is 78.3 Å². The Bertz CT molecular complexity index is 1180. The lowest BCUT2D eigenvalue weighted by molar-refractivity contribution is 0.0491. The van der Waals surface area contributed by atoms with Gasteiger partial charge in [0.05, 0.1) is 6.61 Å². The first-order valence-electron chi connectivity index (χ1n) is 14.0. The lowest BCUT2D eigenvalue weighted by Crippen LogP contribution is -2.66. The van der Waals surface area contributed by atoms with Crippen molar-refractivity contribution in [3.05, 3.63) is 72.3 Å². The third-order valence-corrected chi connectivity index (χ3v) is 12.6. The fourth-order valence-corrected chi connectivity index (χ4v) is 10.3. The molecule has 1 N–H and O–H groups in total. The van der Waals surface area contributed by atoms with Crippen molar-refractivity contribution in [1.29, 1.82) is 0 Å². The van der Waals surface area contributed by atoms with E-state index in [-0.39, 0.29) is 17.2 Å². The molecule has 0 radical (unpaired) electrons. The van der Waals surface area contributed by atoms with Gasteiger partial charge >= 0.3 is 6.09 Å². The van der Waals surface area contributed by atoms with Gasteiger partial charge in [-0.2, -0.15) is 0 Å². The Balaban J connectivity index is 1.49. The van der Waals surface area contributed by atoms with Gasteiger partial charge < -0.3 is 19.0 Å². The van der Waals surface area contributed by atoms with Crippen molar-refractivity contribution in [2.45, 2.75) is 96.4 Å². The molecule has 7 nitrogen and oxygen atoms in total. The molecule has 210 valence electrons. The van der Waals surface area contributed by atoms with Crippen LogP contribution in [-0.2, 0) is 22.8 Å². The molecule has 3 aromatic rings. The van der Waals surface area contributed by atoms with E-state index in [4.69, 9.17) is 9.16 Å². The van der Waals surface area contributed by atoms with Crippen molar-refractivity contribution in [3.63, 3.8) is 0 Å². The average Bonchev–Trinajstić information content (AvgIpc) is 3.24. The fourth-order valence-electron chi connectivity index (χ4n) is 5.76. The standard InChI is InChI=1S/C31H44N4O3Si/c1-30(2,3)38-29(36)32-24-20-18-23(19-21-24)28-34-33-27(35(28)7)22-37-39(31(4,5)6,25-14-10-8-11-15-25)26-16-12-9-13-17-26/h8-17,23-24H,18-22H2,1-7H3,(H,32,36)/t23-,24-. The second kappa shape index (κ2) is 11.6. The number of carbonyl (C=O) groups excluding carboxylic acids is 1. The third kappa shape index (κ3) is 6.61. The molecule has 0 saturated heterocycles. The van der Waals surface area contributed by atoms with Gasteiger partial charge in [-0.1, -0.05) is 81.4 Å². The quantitative estimate of drug-likeness (QED) is 0.398. The maximum Gasteiger partial charge on any atom is 0.407 e. The number of carbonyl (C=O) groups is 1. The highest BCUT2D eigenvalue weighted by molar-refractivity contribution is 6.99. The number of aromatic nitrogens is 3. The van der Waals surface area contributed by atoms with Gasteiger partial charge in [0, 0.05) is 19.0 Å². The molecule has 0 unspecified atom stereocenters. The van der Waals surface area contributed by atoms with E-state index in [1.807, 2.05) is 27.8 Å². The van der Waals surface area contributed by atoms with Gasteiger partial charge in [0.2, 0.25) is 0 Å². The Labute approximate surface area is 234 Å². The molecule has 1 aliphatic rings. The number of nitrogens with zero attached hydrogens (tertiary/aromatic N) is 3. The van der Waals surface area contributed by atoms with Gasteiger partial charge in [-0.3, -0.25) is 0 Å². The van der Waals surface area contributed by atoms with E-state index in [1.165, 1.54) is 10.4 Å².